The van der Waals surface area contributed by atoms with Crippen LogP contribution in [0.4, 0.5) is 0 Å². The lowest BCUT2D eigenvalue weighted by atomic mass is 9.98. The first-order valence-corrected chi connectivity index (χ1v) is 8.24. The molecule has 2 rings (SSSR count). The van der Waals surface area contributed by atoms with Crippen molar-refractivity contribution < 1.29 is 0 Å². The molecule has 118 valence electrons. The highest BCUT2D eigenvalue weighted by atomic mass is 15.3. The van der Waals surface area contributed by atoms with Crippen LogP contribution >= 0.6 is 0 Å². The Labute approximate surface area is 130 Å². The molecule has 0 aromatic heterocycles. The first-order chi connectivity index (χ1) is 10.0. The fraction of sp³-hybridized carbons (Fsp3) is 0.667. The van der Waals surface area contributed by atoms with Gasteiger partial charge in [-0.25, -0.2) is 0 Å². The Morgan fingerprint density at radius 3 is 2.38 bits per heavy atom. The first-order valence-electron chi connectivity index (χ1n) is 8.24. The van der Waals surface area contributed by atoms with E-state index < -0.39 is 0 Å². The molecular weight excluding hydrogens is 258 g/mol. The zero-order valence-corrected chi connectivity index (χ0v) is 14.0. The molecule has 1 aliphatic rings. The van der Waals surface area contributed by atoms with E-state index in [9.17, 15) is 0 Å². The molecule has 1 aromatic rings. The van der Waals surface area contributed by atoms with Gasteiger partial charge in [-0.15, -0.1) is 0 Å². The first kappa shape index (κ1) is 16.5. The Hall–Kier alpha value is -0.900. The highest BCUT2D eigenvalue weighted by Crippen LogP contribution is 2.23. The molecule has 21 heavy (non-hydrogen) atoms. The molecule has 2 unspecified atom stereocenters. The van der Waals surface area contributed by atoms with E-state index in [0.29, 0.717) is 24.5 Å². The summed E-state index contributed by atoms with van der Waals surface area (Å²) >= 11 is 0. The van der Waals surface area contributed by atoms with Gasteiger partial charge in [0, 0.05) is 38.3 Å². The van der Waals surface area contributed by atoms with E-state index in [2.05, 4.69) is 61.9 Å². The maximum absolute atomic E-state index is 6.08. The molecule has 1 saturated heterocycles. The summed E-state index contributed by atoms with van der Waals surface area (Å²) < 4.78 is 0. The molecule has 2 N–H and O–H groups in total. The van der Waals surface area contributed by atoms with Crippen LogP contribution in [0.5, 0.6) is 0 Å². The van der Waals surface area contributed by atoms with Crippen LogP contribution in [0, 0.1) is 5.92 Å². The molecule has 1 fully saturated rings. The number of hydrogen-bond donors (Lipinski definition) is 1. The smallest absolute Gasteiger partial charge is 0.0471 e. The third-order valence-corrected chi connectivity index (χ3v) is 4.66. The van der Waals surface area contributed by atoms with Gasteiger partial charge in [-0.3, -0.25) is 4.90 Å². The summed E-state index contributed by atoms with van der Waals surface area (Å²) in [5.74, 6) is 0.708. The number of rotatable bonds is 5. The Morgan fingerprint density at radius 2 is 1.86 bits per heavy atom. The highest BCUT2D eigenvalue weighted by Gasteiger charge is 2.26. The van der Waals surface area contributed by atoms with Crippen LogP contribution in [0.3, 0.4) is 0 Å². The molecule has 3 heteroatoms. The summed E-state index contributed by atoms with van der Waals surface area (Å²) in [6.07, 6.45) is 1.15. The third kappa shape index (κ3) is 4.29. The third-order valence-electron chi connectivity index (χ3n) is 4.66. The Kier molecular flexibility index (Phi) is 5.80. The highest BCUT2D eigenvalue weighted by molar-refractivity contribution is 5.26. The molecule has 1 heterocycles. The molecule has 0 aliphatic carbocycles. The van der Waals surface area contributed by atoms with Crippen LogP contribution in [-0.2, 0) is 6.42 Å². The van der Waals surface area contributed by atoms with Gasteiger partial charge in [0.05, 0.1) is 0 Å². The summed E-state index contributed by atoms with van der Waals surface area (Å²) in [7, 11) is 2.21. The van der Waals surface area contributed by atoms with Gasteiger partial charge >= 0.3 is 0 Å². The number of nitrogens with two attached hydrogens (primary N) is 1. The van der Waals surface area contributed by atoms with Crippen LogP contribution in [0.2, 0.25) is 0 Å². The van der Waals surface area contributed by atoms with E-state index in [1.165, 1.54) is 11.1 Å². The summed E-state index contributed by atoms with van der Waals surface area (Å²) in [4.78, 5) is 4.97. The average Bonchev–Trinajstić information content (AvgIpc) is 2.45. The fourth-order valence-electron chi connectivity index (χ4n) is 3.20. The van der Waals surface area contributed by atoms with E-state index in [0.717, 1.165) is 26.1 Å². The Bertz CT molecular complexity index is 427. The maximum Gasteiger partial charge on any atom is 0.0471 e. The van der Waals surface area contributed by atoms with Crippen LogP contribution in [-0.4, -0.2) is 49.1 Å². The molecule has 1 aliphatic heterocycles. The number of piperazine rings is 1. The van der Waals surface area contributed by atoms with E-state index in [-0.39, 0.29) is 0 Å². The molecule has 2 atom stereocenters. The number of hydrogen-bond acceptors (Lipinski definition) is 3. The summed E-state index contributed by atoms with van der Waals surface area (Å²) in [5, 5.41) is 0. The predicted octanol–water partition coefficient (Wildman–Crippen LogP) is 2.52. The zero-order chi connectivity index (χ0) is 15.4. The van der Waals surface area contributed by atoms with E-state index >= 15 is 0 Å². The largest absolute Gasteiger partial charge is 0.329 e. The van der Waals surface area contributed by atoms with E-state index in [4.69, 9.17) is 5.73 Å². The van der Waals surface area contributed by atoms with Gasteiger partial charge in [0.25, 0.3) is 0 Å². The van der Waals surface area contributed by atoms with Crippen LogP contribution in [0.25, 0.3) is 0 Å². The number of benzene rings is 1. The van der Waals surface area contributed by atoms with Crippen molar-refractivity contribution in [2.24, 2.45) is 11.7 Å². The van der Waals surface area contributed by atoms with E-state index in [1.807, 2.05) is 0 Å². The Morgan fingerprint density at radius 1 is 1.19 bits per heavy atom. The molecule has 0 spiro atoms. The fourth-order valence-corrected chi connectivity index (χ4v) is 3.20. The molecule has 0 amide bonds. The lowest BCUT2D eigenvalue weighted by Gasteiger charge is -2.41. The normalized spacial score (nSPS) is 22.7. The van der Waals surface area contributed by atoms with Gasteiger partial charge < -0.3 is 10.6 Å². The predicted molar refractivity (Wildman–Crippen MR) is 90.4 cm³/mol. The minimum atomic E-state index is 0.356. The lowest BCUT2D eigenvalue weighted by molar-refractivity contribution is 0.0741. The van der Waals surface area contributed by atoms with Crippen molar-refractivity contribution in [1.29, 1.82) is 0 Å². The number of likely N-dealkylation sites (N-methyl/N-ethyl adjacent to an activating group) is 1. The molecular formula is C18H31N3. The van der Waals surface area contributed by atoms with Gasteiger partial charge in [-0.05, 0) is 37.4 Å². The molecule has 0 radical (unpaired) electrons. The lowest BCUT2D eigenvalue weighted by Crippen LogP contribution is -2.52. The van der Waals surface area contributed by atoms with Gasteiger partial charge in [0.15, 0.2) is 0 Å². The van der Waals surface area contributed by atoms with Gasteiger partial charge in [-0.1, -0.05) is 38.1 Å². The van der Waals surface area contributed by atoms with Crippen molar-refractivity contribution in [3.8, 4) is 0 Å². The van der Waals surface area contributed by atoms with Crippen molar-refractivity contribution in [2.75, 3.05) is 33.2 Å². The topological polar surface area (TPSA) is 32.5 Å². The second-order valence-electron chi connectivity index (χ2n) is 6.92. The maximum atomic E-state index is 6.08. The van der Waals surface area contributed by atoms with Gasteiger partial charge in [-0.2, -0.15) is 0 Å². The molecule has 1 aromatic carbocycles. The van der Waals surface area contributed by atoms with Gasteiger partial charge in [0.1, 0.15) is 0 Å². The standard InChI is InChI=1S/C18H31N3/c1-14(2)11-16-5-7-17(8-6-16)18(12-19)21-10-9-20(4)15(3)13-21/h5-8,14-15,18H,9-13,19H2,1-4H3. The summed E-state index contributed by atoms with van der Waals surface area (Å²) in [5.41, 5.74) is 8.87. The monoisotopic (exact) mass is 289 g/mol. The van der Waals surface area contributed by atoms with Crippen LogP contribution < -0.4 is 5.73 Å². The van der Waals surface area contributed by atoms with Crippen molar-refractivity contribution in [3.05, 3.63) is 35.4 Å². The Balaban J connectivity index is 2.06. The SMILES string of the molecule is CC(C)Cc1ccc(C(CN)N2CCN(C)C(C)C2)cc1. The van der Waals surface area contributed by atoms with Crippen LogP contribution in [0.1, 0.15) is 37.9 Å². The van der Waals surface area contributed by atoms with Crippen molar-refractivity contribution in [1.82, 2.24) is 9.80 Å². The second-order valence-corrected chi connectivity index (χ2v) is 6.92. The van der Waals surface area contributed by atoms with Crippen molar-refractivity contribution in [3.63, 3.8) is 0 Å². The van der Waals surface area contributed by atoms with E-state index in [1.54, 1.807) is 0 Å². The molecule has 3 nitrogen and oxygen atoms in total. The summed E-state index contributed by atoms with van der Waals surface area (Å²) in [6.45, 7) is 10.9. The van der Waals surface area contributed by atoms with Crippen molar-refractivity contribution >= 4 is 0 Å². The van der Waals surface area contributed by atoms with Crippen LogP contribution in [0.15, 0.2) is 24.3 Å². The minimum Gasteiger partial charge on any atom is -0.329 e. The van der Waals surface area contributed by atoms with Crippen molar-refractivity contribution in [2.45, 2.75) is 39.3 Å². The summed E-state index contributed by atoms with van der Waals surface area (Å²) in [6, 6.07) is 10.1. The average molecular weight is 289 g/mol. The van der Waals surface area contributed by atoms with Gasteiger partial charge in [0.2, 0.25) is 0 Å². The second kappa shape index (κ2) is 7.39. The number of nitrogens with zero attached hydrogens (tertiary/aromatic N) is 2. The molecule has 0 bridgehead atoms. The quantitative estimate of drug-likeness (QED) is 0.904. The minimum absolute atomic E-state index is 0.356. The molecule has 0 saturated carbocycles. The zero-order valence-electron chi connectivity index (χ0n) is 14.0.